The minimum Gasteiger partial charge on any atom is -0.335 e. The van der Waals surface area contributed by atoms with Crippen molar-refractivity contribution >= 4 is 17.0 Å². The minimum absolute atomic E-state index is 0.218. The van der Waals surface area contributed by atoms with Crippen LogP contribution in [0.2, 0.25) is 0 Å². The van der Waals surface area contributed by atoms with E-state index in [0.29, 0.717) is 10.4 Å². The van der Waals surface area contributed by atoms with Crippen molar-refractivity contribution in [2.24, 2.45) is 5.92 Å². The molecule has 0 amide bonds. The van der Waals surface area contributed by atoms with Gasteiger partial charge in [0.05, 0.1) is 6.54 Å². The summed E-state index contributed by atoms with van der Waals surface area (Å²) in [5, 5.41) is 0. The average molecular weight is 479 g/mol. The van der Waals surface area contributed by atoms with Gasteiger partial charge in [-0.1, -0.05) is 62.4 Å². The zero-order chi connectivity index (χ0) is 25.1. The van der Waals surface area contributed by atoms with E-state index in [9.17, 15) is 4.39 Å². The first-order valence-electron chi connectivity index (χ1n) is 12.7. The summed E-state index contributed by atoms with van der Waals surface area (Å²) >= 11 is 0. The third-order valence-electron chi connectivity index (χ3n) is 7.18. The van der Waals surface area contributed by atoms with E-state index in [-0.39, 0.29) is 5.82 Å². The van der Waals surface area contributed by atoms with Gasteiger partial charge in [0.2, 0.25) is 0 Å². The predicted molar refractivity (Wildman–Crippen MR) is 147 cm³/mol. The molecule has 36 heavy (non-hydrogen) atoms. The van der Waals surface area contributed by atoms with Crippen LogP contribution in [0.25, 0.3) is 11.3 Å². The summed E-state index contributed by atoms with van der Waals surface area (Å²) in [5.41, 5.74) is 7.21. The molecule has 5 rings (SSSR count). The predicted octanol–water partition coefficient (Wildman–Crippen LogP) is 7.85. The first kappa shape index (κ1) is 24.0. The van der Waals surface area contributed by atoms with E-state index in [2.05, 4.69) is 96.3 Å². The van der Waals surface area contributed by atoms with E-state index in [0.717, 1.165) is 30.9 Å². The Morgan fingerprint density at radius 1 is 0.861 bits per heavy atom. The number of allylic oxidation sites excluding steroid dienone is 3. The lowest BCUT2D eigenvalue weighted by molar-refractivity contribution is 0.407. The Hall–Kier alpha value is -3.76. The lowest BCUT2D eigenvalue weighted by atomic mass is 9.98. The van der Waals surface area contributed by atoms with Gasteiger partial charge in [0.15, 0.2) is 5.70 Å². The second-order valence-electron chi connectivity index (χ2n) is 9.75. The fraction of sp³-hybridized carbons (Fsp3) is 0.219. The molecule has 3 nitrogen and oxygen atoms in total. The summed E-state index contributed by atoms with van der Waals surface area (Å²) in [4.78, 5) is 4.41. The topological polar surface area (TPSA) is 17.8 Å². The summed E-state index contributed by atoms with van der Waals surface area (Å²) in [6, 6.07) is 28.4. The van der Waals surface area contributed by atoms with Crippen LogP contribution in [0, 0.1) is 18.7 Å². The van der Waals surface area contributed by atoms with E-state index in [1.807, 2.05) is 25.3 Å². The van der Waals surface area contributed by atoms with Gasteiger partial charge in [-0.25, -0.2) is 13.9 Å². The van der Waals surface area contributed by atoms with Crippen molar-refractivity contribution in [2.75, 3.05) is 6.54 Å². The highest BCUT2D eigenvalue weighted by molar-refractivity contribution is 6.03. The molecular weight excluding hydrogens is 445 g/mol. The molecule has 0 N–H and O–H groups in total. The Morgan fingerprint density at radius 3 is 2.14 bits per heavy atom. The number of aromatic nitrogens is 2. The molecule has 1 unspecified atom stereocenters. The molecule has 3 aromatic carbocycles. The second-order valence-corrected chi connectivity index (χ2v) is 9.75. The van der Waals surface area contributed by atoms with Crippen LogP contribution in [0.15, 0.2) is 109 Å². The van der Waals surface area contributed by atoms with Gasteiger partial charge in [0.1, 0.15) is 23.0 Å². The van der Waals surface area contributed by atoms with Gasteiger partial charge in [-0.15, -0.1) is 0 Å². The molecule has 0 bridgehead atoms. The van der Waals surface area contributed by atoms with Gasteiger partial charge in [0.25, 0.3) is 0 Å². The second kappa shape index (κ2) is 10.1. The van der Waals surface area contributed by atoms with E-state index < -0.39 is 0 Å². The molecule has 182 valence electrons. The molecule has 1 aromatic heterocycles. The van der Waals surface area contributed by atoms with Crippen molar-refractivity contribution in [1.82, 2.24) is 14.0 Å². The monoisotopic (exact) mass is 478 g/mol. The van der Waals surface area contributed by atoms with E-state index >= 15 is 0 Å². The molecule has 0 aliphatic carbocycles. The summed E-state index contributed by atoms with van der Waals surface area (Å²) in [7, 11) is 0. The molecule has 0 fully saturated rings. The van der Waals surface area contributed by atoms with Crippen LogP contribution in [0.1, 0.15) is 37.2 Å². The molecule has 1 atom stereocenters. The Bertz CT molecular complexity index is 1380. The SMILES string of the molecule is Cc1nccn1CCC[N+]1(c2ccccc2)C(C(C)C)=CC(c2ccccc2)=C1c1ccc(F)cc1. The Labute approximate surface area is 213 Å². The number of halogens is 1. The van der Waals surface area contributed by atoms with E-state index in [1.165, 1.54) is 28.2 Å². The molecule has 0 saturated heterocycles. The van der Waals surface area contributed by atoms with Crippen molar-refractivity contribution in [3.05, 3.63) is 132 Å². The van der Waals surface area contributed by atoms with Crippen molar-refractivity contribution < 1.29 is 4.39 Å². The number of imidazole rings is 1. The zero-order valence-electron chi connectivity index (χ0n) is 21.2. The van der Waals surface area contributed by atoms with E-state index in [4.69, 9.17) is 0 Å². The van der Waals surface area contributed by atoms with Gasteiger partial charge in [0, 0.05) is 48.5 Å². The maximum atomic E-state index is 14.1. The van der Waals surface area contributed by atoms with Crippen molar-refractivity contribution in [1.29, 1.82) is 0 Å². The van der Waals surface area contributed by atoms with Crippen molar-refractivity contribution in [3.8, 4) is 0 Å². The normalized spacial score (nSPS) is 17.6. The molecule has 1 aliphatic rings. The van der Waals surface area contributed by atoms with Crippen LogP contribution in [0.4, 0.5) is 10.1 Å². The fourth-order valence-corrected chi connectivity index (χ4v) is 5.54. The summed E-state index contributed by atoms with van der Waals surface area (Å²) in [5.74, 6) is 1.13. The number of para-hydroxylation sites is 1. The third-order valence-corrected chi connectivity index (χ3v) is 7.18. The number of aryl methyl sites for hydroxylation is 2. The number of quaternary nitrogens is 1. The zero-order valence-corrected chi connectivity index (χ0v) is 21.2. The molecular formula is C32H33FN3+. The summed E-state index contributed by atoms with van der Waals surface area (Å²) in [6.07, 6.45) is 7.26. The average Bonchev–Trinajstić information content (AvgIpc) is 3.47. The molecule has 0 saturated carbocycles. The van der Waals surface area contributed by atoms with Crippen LogP contribution in [0.5, 0.6) is 0 Å². The smallest absolute Gasteiger partial charge is 0.158 e. The van der Waals surface area contributed by atoms with Crippen LogP contribution in [0.3, 0.4) is 0 Å². The van der Waals surface area contributed by atoms with Crippen molar-refractivity contribution in [2.45, 2.75) is 33.7 Å². The van der Waals surface area contributed by atoms with Crippen LogP contribution < -0.4 is 4.48 Å². The highest BCUT2D eigenvalue weighted by Gasteiger charge is 2.47. The molecule has 4 aromatic rings. The number of rotatable bonds is 8. The Kier molecular flexibility index (Phi) is 6.71. The number of nitrogens with zero attached hydrogens (tertiary/aromatic N) is 3. The minimum atomic E-state index is -0.218. The maximum Gasteiger partial charge on any atom is 0.158 e. The molecule has 0 radical (unpaired) electrons. The van der Waals surface area contributed by atoms with Crippen molar-refractivity contribution in [3.63, 3.8) is 0 Å². The molecule has 1 aliphatic heterocycles. The molecule has 4 heteroatoms. The first-order chi connectivity index (χ1) is 17.5. The highest BCUT2D eigenvalue weighted by atomic mass is 19.1. The van der Waals surface area contributed by atoms with Gasteiger partial charge in [-0.3, -0.25) is 0 Å². The van der Waals surface area contributed by atoms with Gasteiger partial charge >= 0.3 is 0 Å². The van der Waals surface area contributed by atoms with Crippen LogP contribution in [-0.2, 0) is 6.54 Å². The van der Waals surface area contributed by atoms with Gasteiger partial charge < -0.3 is 4.57 Å². The third kappa shape index (κ3) is 4.33. The highest BCUT2D eigenvalue weighted by Crippen LogP contribution is 2.51. The lowest BCUT2D eigenvalue weighted by Crippen LogP contribution is -2.47. The standard InChI is InChI=1S/C32H33FN3/c1-24(2)31-23-30(26-11-6-4-7-12-26)32(27-15-17-28(33)18-16-27)36(31,29-13-8-5-9-14-29)22-10-20-35-21-19-34-25(35)3/h4-9,11-19,21,23-24H,10,20,22H2,1-3H3/q+1. The van der Waals surface area contributed by atoms with Crippen LogP contribution in [-0.4, -0.2) is 16.1 Å². The fourth-order valence-electron chi connectivity index (χ4n) is 5.54. The maximum absolute atomic E-state index is 14.1. The number of hydrogen-bond acceptors (Lipinski definition) is 1. The Morgan fingerprint density at radius 2 is 1.53 bits per heavy atom. The lowest BCUT2D eigenvalue weighted by Gasteiger charge is -2.40. The van der Waals surface area contributed by atoms with Crippen LogP contribution >= 0.6 is 0 Å². The quantitative estimate of drug-likeness (QED) is 0.236. The summed E-state index contributed by atoms with van der Waals surface area (Å²) < 4.78 is 16.9. The first-order valence-corrected chi connectivity index (χ1v) is 12.7. The number of hydrogen-bond donors (Lipinski definition) is 0. The number of benzene rings is 3. The van der Waals surface area contributed by atoms with E-state index in [1.54, 1.807) is 12.1 Å². The Balaban J connectivity index is 1.74. The van der Waals surface area contributed by atoms with Gasteiger partial charge in [-0.05, 0) is 48.9 Å². The molecule has 0 spiro atoms. The summed E-state index contributed by atoms with van der Waals surface area (Å²) in [6.45, 7) is 8.38. The largest absolute Gasteiger partial charge is 0.335 e. The van der Waals surface area contributed by atoms with Gasteiger partial charge in [-0.2, -0.15) is 0 Å². The molecule has 2 heterocycles.